The zero-order chi connectivity index (χ0) is 15.9. The van der Waals surface area contributed by atoms with E-state index in [1.807, 2.05) is 24.3 Å². The van der Waals surface area contributed by atoms with Crippen LogP contribution < -0.4 is 5.32 Å². The number of benzene rings is 1. The van der Waals surface area contributed by atoms with Gasteiger partial charge in [0, 0.05) is 31.5 Å². The fourth-order valence-corrected chi connectivity index (χ4v) is 2.62. The van der Waals surface area contributed by atoms with E-state index in [9.17, 15) is 0 Å². The third-order valence-electron chi connectivity index (χ3n) is 3.48. The number of hydrogen-bond donors (Lipinski definition) is 1. The van der Waals surface area contributed by atoms with Gasteiger partial charge in [-0.1, -0.05) is 12.1 Å². The standard InChI is InChI=1S/C17H20N4O/c1-13-10-21(11-14(2)22-13)12-15-3-5-17(6-4-15)20-9-16(7-18)8-19/h3-6,9,13-14,20H,10-12H2,1-2H3. The average Bonchev–Trinajstić information content (AvgIpc) is 2.49. The third kappa shape index (κ3) is 4.60. The fraction of sp³-hybridized carbons (Fsp3) is 0.412. The van der Waals surface area contributed by atoms with Gasteiger partial charge in [0.05, 0.1) is 12.2 Å². The molecule has 1 aliphatic rings. The summed E-state index contributed by atoms with van der Waals surface area (Å²) in [5, 5.41) is 20.3. The van der Waals surface area contributed by atoms with Crippen molar-refractivity contribution >= 4 is 5.69 Å². The molecule has 0 saturated carbocycles. The number of morpholine rings is 1. The monoisotopic (exact) mass is 296 g/mol. The number of allylic oxidation sites excluding steroid dienone is 1. The minimum absolute atomic E-state index is 0.0559. The molecule has 0 amide bonds. The predicted molar refractivity (Wildman–Crippen MR) is 84.7 cm³/mol. The van der Waals surface area contributed by atoms with E-state index in [-0.39, 0.29) is 17.8 Å². The molecule has 2 atom stereocenters. The van der Waals surface area contributed by atoms with E-state index in [2.05, 4.69) is 36.2 Å². The summed E-state index contributed by atoms with van der Waals surface area (Å²) in [7, 11) is 0. The lowest BCUT2D eigenvalue weighted by atomic mass is 10.1. The maximum Gasteiger partial charge on any atom is 0.145 e. The van der Waals surface area contributed by atoms with Crippen molar-refractivity contribution in [2.24, 2.45) is 0 Å². The van der Waals surface area contributed by atoms with Gasteiger partial charge in [-0.25, -0.2) is 0 Å². The van der Waals surface area contributed by atoms with Crippen molar-refractivity contribution in [3.05, 3.63) is 41.6 Å². The maximum atomic E-state index is 8.68. The number of nitrogens with one attached hydrogen (secondary N) is 1. The second-order valence-electron chi connectivity index (χ2n) is 5.57. The van der Waals surface area contributed by atoms with Crippen LogP contribution >= 0.6 is 0 Å². The minimum atomic E-state index is 0.0559. The van der Waals surface area contributed by atoms with Crippen molar-refractivity contribution in [3.8, 4) is 12.1 Å². The van der Waals surface area contributed by atoms with Gasteiger partial charge < -0.3 is 10.1 Å². The van der Waals surface area contributed by atoms with E-state index in [1.54, 1.807) is 0 Å². The van der Waals surface area contributed by atoms with Crippen molar-refractivity contribution in [1.29, 1.82) is 10.5 Å². The Kier molecular flexibility index (Phi) is 5.55. The van der Waals surface area contributed by atoms with Gasteiger partial charge in [-0.2, -0.15) is 10.5 Å². The van der Waals surface area contributed by atoms with E-state index in [0.717, 1.165) is 25.3 Å². The molecule has 1 heterocycles. The van der Waals surface area contributed by atoms with E-state index >= 15 is 0 Å². The summed E-state index contributed by atoms with van der Waals surface area (Å²) in [4.78, 5) is 2.39. The quantitative estimate of drug-likeness (QED) is 0.865. The minimum Gasteiger partial charge on any atom is -0.373 e. The van der Waals surface area contributed by atoms with Crippen molar-refractivity contribution in [2.45, 2.75) is 32.6 Å². The molecule has 114 valence electrons. The molecule has 1 aromatic rings. The zero-order valence-corrected chi connectivity index (χ0v) is 12.9. The smallest absolute Gasteiger partial charge is 0.145 e. The molecule has 2 rings (SSSR count). The van der Waals surface area contributed by atoms with Crippen LogP contribution in [0.2, 0.25) is 0 Å². The molecule has 0 radical (unpaired) electrons. The Labute approximate surface area is 131 Å². The highest BCUT2D eigenvalue weighted by molar-refractivity contribution is 5.50. The van der Waals surface area contributed by atoms with Crippen LogP contribution in [0.5, 0.6) is 0 Å². The molecule has 5 nitrogen and oxygen atoms in total. The van der Waals surface area contributed by atoms with Crippen LogP contribution in [0.15, 0.2) is 36.0 Å². The molecule has 1 saturated heterocycles. The van der Waals surface area contributed by atoms with Gasteiger partial charge in [0.25, 0.3) is 0 Å². The lowest BCUT2D eigenvalue weighted by Gasteiger charge is -2.35. The average molecular weight is 296 g/mol. The maximum absolute atomic E-state index is 8.68. The predicted octanol–water partition coefficient (Wildman–Crippen LogP) is 2.64. The van der Waals surface area contributed by atoms with Crippen molar-refractivity contribution < 1.29 is 4.74 Å². The second kappa shape index (κ2) is 7.61. The highest BCUT2D eigenvalue weighted by Crippen LogP contribution is 2.16. The lowest BCUT2D eigenvalue weighted by Crippen LogP contribution is -2.44. The molecule has 22 heavy (non-hydrogen) atoms. The SMILES string of the molecule is CC1CN(Cc2ccc(NC=C(C#N)C#N)cc2)CC(C)O1. The van der Waals surface area contributed by atoms with E-state index in [4.69, 9.17) is 15.3 Å². The van der Waals surface area contributed by atoms with Crippen molar-refractivity contribution in [3.63, 3.8) is 0 Å². The summed E-state index contributed by atoms with van der Waals surface area (Å²) in [5.74, 6) is 0. The van der Waals surface area contributed by atoms with Crippen LogP contribution in [-0.2, 0) is 11.3 Å². The number of rotatable bonds is 4. The molecular formula is C17H20N4O. The van der Waals surface area contributed by atoms with Crippen LogP contribution in [0.4, 0.5) is 5.69 Å². The molecule has 0 bridgehead atoms. The zero-order valence-electron chi connectivity index (χ0n) is 12.9. The van der Waals surface area contributed by atoms with Crippen molar-refractivity contribution in [2.75, 3.05) is 18.4 Å². The van der Waals surface area contributed by atoms with Crippen molar-refractivity contribution in [1.82, 2.24) is 4.90 Å². The van der Waals surface area contributed by atoms with Crippen LogP contribution in [0.1, 0.15) is 19.4 Å². The number of hydrogen-bond acceptors (Lipinski definition) is 5. The third-order valence-corrected chi connectivity index (χ3v) is 3.48. The highest BCUT2D eigenvalue weighted by atomic mass is 16.5. The van der Waals surface area contributed by atoms with E-state index < -0.39 is 0 Å². The first-order valence-corrected chi connectivity index (χ1v) is 7.34. The normalized spacial score (nSPS) is 21.5. The van der Waals surface area contributed by atoms with Gasteiger partial charge in [-0.05, 0) is 31.5 Å². The summed E-state index contributed by atoms with van der Waals surface area (Å²) in [6, 6.07) is 11.6. The van der Waals surface area contributed by atoms with Gasteiger partial charge in [-0.15, -0.1) is 0 Å². The Morgan fingerprint density at radius 1 is 1.23 bits per heavy atom. The summed E-state index contributed by atoms with van der Waals surface area (Å²) in [6.07, 6.45) is 1.95. The summed E-state index contributed by atoms with van der Waals surface area (Å²) >= 11 is 0. The fourth-order valence-electron chi connectivity index (χ4n) is 2.62. The van der Waals surface area contributed by atoms with Gasteiger partial charge in [0.2, 0.25) is 0 Å². The van der Waals surface area contributed by atoms with Gasteiger partial charge in [0.15, 0.2) is 0 Å². The van der Waals surface area contributed by atoms with Crippen LogP contribution in [0.25, 0.3) is 0 Å². The van der Waals surface area contributed by atoms with Crippen LogP contribution in [-0.4, -0.2) is 30.2 Å². The first-order chi connectivity index (χ1) is 10.6. The number of nitriles is 2. The summed E-state index contributed by atoms with van der Waals surface area (Å²) in [6.45, 7) is 6.99. The first-order valence-electron chi connectivity index (χ1n) is 7.34. The number of nitrogens with zero attached hydrogens (tertiary/aromatic N) is 3. The Bertz CT molecular complexity index is 583. The Morgan fingerprint density at radius 2 is 1.82 bits per heavy atom. The molecule has 1 aromatic carbocycles. The van der Waals surface area contributed by atoms with Crippen LogP contribution in [0, 0.1) is 22.7 Å². The topological polar surface area (TPSA) is 72.1 Å². The lowest BCUT2D eigenvalue weighted by molar-refractivity contribution is -0.0704. The molecule has 0 spiro atoms. The molecule has 2 unspecified atom stereocenters. The molecule has 1 aliphatic heterocycles. The Morgan fingerprint density at radius 3 is 2.36 bits per heavy atom. The van der Waals surface area contributed by atoms with Gasteiger partial charge in [0.1, 0.15) is 17.7 Å². The van der Waals surface area contributed by atoms with Gasteiger partial charge in [-0.3, -0.25) is 4.90 Å². The first kappa shape index (κ1) is 16.0. The Balaban J connectivity index is 1.94. The summed E-state index contributed by atoms with van der Waals surface area (Å²) < 4.78 is 5.74. The summed E-state index contributed by atoms with van der Waals surface area (Å²) in [5.41, 5.74) is 2.15. The Hall–Kier alpha value is -2.34. The number of anilines is 1. The van der Waals surface area contributed by atoms with E-state index in [1.165, 1.54) is 11.8 Å². The molecule has 0 aliphatic carbocycles. The molecular weight excluding hydrogens is 276 g/mol. The molecule has 0 aromatic heterocycles. The highest BCUT2D eigenvalue weighted by Gasteiger charge is 2.21. The van der Waals surface area contributed by atoms with Gasteiger partial charge >= 0.3 is 0 Å². The van der Waals surface area contributed by atoms with Crippen LogP contribution in [0.3, 0.4) is 0 Å². The molecule has 5 heteroatoms. The number of ether oxygens (including phenoxy) is 1. The molecule has 1 N–H and O–H groups in total. The molecule has 1 fully saturated rings. The van der Waals surface area contributed by atoms with E-state index in [0.29, 0.717) is 0 Å². The second-order valence-corrected chi connectivity index (χ2v) is 5.57. The largest absolute Gasteiger partial charge is 0.373 e.